The zero-order valence-electron chi connectivity index (χ0n) is 19.8. The molecule has 3 amide bonds. The largest absolute Gasteiger partial charge is 0.491 e. The van der Waals surface area contributed by atoms with Crippen molar-refractivity contribution in [2.24, 2.45) is 0 Å². The van der Waals surface area contributed by atoms with E-state index in [1.165, 1.54) is 4.58 Å². The van der Waals surface area contributed by atoms with Crippen molar-refractivity contribution in [3.63, 3.8) is 0 Å². The molecule has 0 aromatic heterocycles. The summed E-state index contributed by atoms with van der Waals surface area (Å²) in [4.78, 5) is 47.7. The maximum Gasteiger partial charge on any atom is 0.420 e. The second kappa shape index (κ2) is 11.3. The van der Waals surface area contributed by atoms with Gasteiger partial charge in [-0.1, -0.05) is 0 Å². The molecule has 34 heavy (non-hydrogen) atoms. The highest BCUT2D eigenvalue weighted by atomic mass is 16.6. The van der Waals surface area contributed by atoms with Gasteiger partial charge in [0.25, 0.3) is 5.91 Å². The summed E-state index contributed by atoms with van der Waals surface area (Å²) in [6.45, 7) is 7.10. The maximum absolute atomic E-state index is 12.7. The smallest absolute Gasteiger partial charge is 0.420 e. The molecule has 10 nitrogen and oxygen atoms in total. The number of piperidine rings is 1. The average Bonchev–Trinajstić information content (AvgIpc) is 3.07. The van der Waals surface area contributed by atoms with Gasteiger partial charge in [-0.25, -0.2) is 4.79 Å². The van der Waals surface area contributed by atoms with Gasteiger partial charge in [0, 0.05) is 12.8 Å². The fraction of sp³-hybridized carbons (Fsp3) is 0.542. The number of nitrogens with one attached hydrogen (secondary N) is 1. The Kier molecular flexibility index (Phi) is 8.51. The molecule has 1 saturated heterocycles. The minimum Gasteiger partial charge on any atom is -0.491 e. The fourth-order valence-corrected chi connectivity index (χ4v) is 3.55. The topological polar surface area (TPSA) is 120 Å². The molecule has 2 heterocycles. The molecule has 0 bridgehead atoms. The molecule has 1 unspecified atom stereocenters. The molecule has 10 heteroatoms. The van der Waals surface area contributed by atoms with Crippen LogP contribution in [0.2, 0.25) is 0 Å². The summed E-state index contributed by atoms with van der Waals surface area (Å²) in [5.41, 5.74) is 0.642. The van der Waals surface area contributed by atoms with E-state index in [1.54, 1.807) is 24.4 Å². The average molecular weight is 476 g/mol. The van der Waals surface area contributed by atoms with Gasteiger partial charge in [-0.2, -0.15) is 4.58 Å². The summed E-state index contributed by atoms with van der Waals surface area (Å²) in [6, 6.07) is 4.40. The van der Waals surface area contributed by atoms with E-state index in [2.05, 4.69) is 5.32 Å². The molecule has 1 aromatic carbocycles. The first-order chi connectivity index (χ1) is 16.1. The number of nitrogens with zero attached hydrogens (tertiary/aromatic N) is 1. The predicted octanol–water partition coefficient (Wildman–Crippen LogP) is 1.22. The van der Waals surface area contributed by atoms with Crippen LogP contribution >= 0.6 is 0 Å². The standard InChI is InChI=1S/C24H30N2O8/c1-24(2,3)34-21(28)8-9-31-10-11-32-12-13-33-17-4-5-18-16(14-17)15-26(23(18)30)19-6-7-20(27)25-22(19)29/h4-5,14-15,19H,6-13H2,1-3H3/p+1. The van der Waals surface area contributed by atoms with E-state index < -0.39 is 17.6 Å². The van der Waals surface area contributed by atoms with E-state index in [4.69, 9.17) is 18.9 Å². The number of ether oxygens (including phenoxy) is 4. The second-order valence-corrected chi connectivity index (χ2v) is 8.97. The van der Waals surface area contributed by atoms with Crippen LogP contribution in [0.25, 0.3) is 0 Å². The Bertz CT molecular complexity index is 980. The molecule has 0 aliphatic carbocycles. The summed E-state index contributed by atoms with van der Waals surface area (Å²) in [5, 5.41) is 2.27. The molecule has 1 aromatic rings. The van der Waals surface area contributed by atoms with Crippen LogP contribution in [-0.2, 0) is 28.6 Å². The number of fused-ring (bicyclic) bond motifs is 1. The quantitative estimate of drug-likeness (QED) is 0.220. The van der Waals surface area contributed by atoms with Crippen molar-refractivity contribution >= 4 is 29.9 Å². The van der Waals surface area contributed by atoms with E-state index in [-0.39, 0.29) is 37.2 Å². The Morgan fingerprint density at radius 1 is 1.06 bits per heavy atom. The SMILES string of the molecule is CC(C)(C)OC(=O)CCOCCOCCOc1ccc2c(c1)C=[N+](C1CCC(=O)NC1=O)C2=O. The van der Waals surface area contributed by atoms with Gasteiger partial charge in [-0.05, 0) is 39.0 Å². The molecular formula is C24H31N2O8+. The Balaban J connectivity index is 1.35. The number of carbonyl (C=O) groups excluding carboxylic acids is 4. The van der Waals surface area contributed by atoms with Crippen molar-refractivity contribution in [1.29, 1.82) is 0 Å². The van der Waals surface area contributed by atoms with Crippen LogP contribution in [0.4, 0.5) is 0 Å². The molecule has 3 rings (SSSR count). The highest BCUT2D eigenvalue weighted by molar-refractivity contribution is 6.07. The number of hydrogen-bond donors (Lipinski definition) is 1. The predicted molar refractivity (Wildman–Crippen MR) is 120 cm³/mol. The van der Waals surface area contributed by atoms with E-state index in [9.17, 15) is 19.2 Å². The molecule has 0 spiro atoms. The van der Waals surface area contributed by atoms with Gasteiger partial charge < -0.3 is 18.9 Å². The van der Waals surface area contributed by atoms with Gasteiger partial charge in [-0.3, -0.25) is 19.7 Å². The minimum atomic E-state index is -0.693. The van der Waals surface area contributed by atoms with E-state index in [1.807, 2.05) is 20.8 Å². The highest BCUT2D eigenvalue weighted by Crippen LogP contribution is 2.23. The molecule has 0 radical (unpaired) electrons. The van der Waals surface area contributed by atoms with Crippen molar-refractivity contribution < 1.29 is 42.7 Å². The lowest BCUT2D eigenvalue weighted by Crippen LogP contribution is -2.50. The Labute approximate surface area is 198 Å². The Morgan fingerprint density at radius 2 is 1.76 bits per heavy atom. The van der Waals surface area contributed by atoms with Crippen LogP contribution in [0.15, 0.2) is 18.2 Å². The van der Waals surface area contributed by atoms with Crippen molar-refractivity contribution in [3.8, 4) is 5.75 Å². The number of carbonyl (C=O) groups is 4. The summed E-state index contributed by atoms with van der Waals surface area (Å²) < 4.78 is 23.1. The molecule has 2 aliphatic heterocycles. The van der Waals surface area contributed by atoms with Crippen molar-refractivity contribution in [1.82, 2.24) is 5.32 Å². The number of hydrogen-bond acceptors (Lipinski definition) is 8. The minimum absolute atomic E-state index is 0.194. The molecule has 1 atom stereocenters. The molecular weight excluding hydrogens is 444 g/mol. The third-order valence-electron chi connectivity index (χ3n) is 5.05. The van der Waals surface area contributed by atoms with Gasteiger partial charge in [0.15, 0.2) is 6.21 Å². The molecule has 184 valence electrons. The normalized spacial score (nSPS) is 17.8. The van der Waals surface area contributed by atoms with Gasteiger partial charge in [0.1, 0.15) is 23.5 Å². The van der Waals surface area contributed by atoms with Crippen molar-refractivity contribution in [2.45, 2.75) is 51.7 Å². The summed E-state index contributed by atoms with van der Waals surface area (Å²) >= 11 is 0. The third kappa shape index (κ3) is 7.19. The Hall–Kier alpha value is -3.11. The first-order valence-electron chi connectivity index (χ1n) is 11.3. The van der Waals surface area contributed by atoms with Crippen LogP contribution < -0.4 is 10.1 Å². The van der Waals surface area contributed by atoms with Crippen LogP contribution in [0, 0.1) is 0 Å². The first-order valence-corrected chi connectivity index (χ1v) is 11.3. The van der Waals surface area contributed by atoms with E-state index in [0.717, 1.165) is 0 Å². The number of rotatable bonds is 11. The molecule has 0 saturated carbocycles. The summed E-state index contributed by atoms with van der Waals surface area (Å²) in [6.07, 6.45) is 2.31. The van der Waals surface area contributed by atoms with Crippen LogP contribution in [0.5, 0.6) is 5.75 Å². The number of imide groups is 1. The zero-order valence-corrected chi connectivity index (χ0v) is 19.8. The fourth-order valence-electron chi connectivity index (χ4n) is 3.55. The number of amides is 3. The Morgan fingerprint density at radius 3 is 2.47 bits per heavy atom. The highest BCUT2D eigenvalue weighted by Gasteiger charge is 2.43. The lowest BCUT2D eigenvalue weighted by atomic mass is 10.1. The maximum atomic E-state index is 12.7. The lowest BCUT2D eigenvalue weighted by Gasteiger charge is -2.19. The van der Waals surface area contributed by atoms with Gasteiger partial charge in [-0.15, -0.1) is 0 Å². The van der Waals surface area contributed by atoms with Crippen LogP contribution in [-0.4, -0.2) is 79.2 Å². The van der Waals surface area contributed by atoms with Crippen LogP contribution in [0.1, 0.15) is 56.0 Å². The molecule has 2 aliphatic rings. The number of benzene rings is 1. The number of esters is 1. The third-order valence-corrected chi connectivity index (χ3v) is 5.05. The lowest BCUT2D eigenvalue weighted by molar-refractivity contribution is -0.452. The van der Waals surface area contributed by atoms with Crippen molar-refractivity contribution in [3.05, 3.63) is 29.3 Å². The van der Waals surface area contributed by atoms with Crippen molar-refractivity contribution in [2.75, 3.05) is 33.0 Å². The summed E-state index contributed by atoms with van der Waals surface area (Å²) in [7, 11) is 0. The van der Waals surface area contributed by atoms with Gasteiger partial charge in [0.2, 0.25) is 11.9 Å². The first kappa shape index (κ1) is 25.5. The van der Waals surface area contributed by atoms with E-state index >= 15 is 0 Å². The van der Waals surface area contributed by atoms with E-state index in [0.29, 0.717) is 49.7 Å². The van der Waals surface area contributed by atoms with Crippen LogP contribution in [0.3, 0.4) is 0 Å². The zero-order chi connectivity index (χ0) is 24.7. The van der Waals surface area contributed by atoms with Gasteiger partial charge in [0.05, 0.1) is 38.4 Å². The molecule has 1 N–H and O–H groups in total. The second-order valence-electron chi connectivity index (χ2n) is 8.97. The van der Waals surface area contributed by atoms with Gasteiger partial charge >= 0.3 is 11.9 Å². The molecule has 1 fully saturated rings. The monoisotopic (exact) mass is 475 g/mol. The summed E-state index contributed by atoms with van der Waals surface area (Å²) in [5.74, 6) is -0.779.